The van der Waals surface area contributed by atoms with Gasteiger partial charge in [-0.25, -0.2) is 0 Å². The average Bonchev–Trinajstić information content (AvgIpc) is 3.05. The van der Waals surface area contributed by atoms with Crippen molar-refractivity contribution in [3.63, 3.8) is 0 Å². The lowest BCUT2D eigenvalue weighted by Gasteiger charge is -2.20. The van der Waals surface area contributed by atoms with Crippen LogP contribution < -0.4 is 0 Å². The van der Waals surface area contributed by atoms with Crippen LogP contribution in [0, 0.1) is 0 Å². The summed E-state index contributed by atoms with van der Waals surface area (Å²) in [5, 5.41) is 29.0. The fourth-order valence-corrected chi connectivity index (χ4v) is 3.78. The van der Waals surface area contributed by atoms with Crippen molar-refractivity contribution in [3.05, 3.63) is 12.2 Å². The van der Waals surface area contributed by atoms with Crippen molar-refractivity contribution < 1.29 is 24.8 Å². The van der Waals surface area contributed by atoms with E-state index in [1.54, 1.807) is 0 Å². The molecule has 0 spiro atoms. The number of hydrogen-bond acceptors (Lipinski definition) is 5. The number of aliphatic hydroxyl groups excluding tert-OH is 3. The van der Waals surface area contributed by atoms with Crippen LogP contribution in [0.2, 0.25) is 0 Å². The molecule has 4 atom stereocenters. The third kappa shape index (κ3) is 13.5. The highest BCUT2D eigenvalue weighted by atomic mass is 16.5. The van der Waals surface area contributed by atoms with Gasteiger partial charge in [0.15, 0.2) is 0 Å². The molecule has 1 aliphatic rings. The van der Waals surface area contributed by atoms with Gasteiger partial charge in [-0.2, -0.15) is 0 Å². The SMILES string of the molecule is CCCCCCCCCCCCCCC/C=C/COC[C@H](O)[C@H]1OC[C@@H](O)[C@H]1O. The van der Waals surface area contributed by atoms with Gasteiger partial charge in [-0.3, -0.25) is 0 Å². The van der Waals surface area contributed by atoms with Gasteiger partial charge < -0.3 is 24.8 Å². The highest BCUT2D eigenvalue weighted by Gasteiger charge is 2.39. The molecule has 0 unspecified atom stereocenters. The number of rotatable bonds is 19. The van der Waals surface area contributed by atoms with Crippen molar-refractivity contribution in [2.45, 2.75) is 121 Å². The van der Waals surface area contributed by atoms with Gasteiger partial charge in [0.1, 0.15) is 24.4 Å². The molecule has 0 amide bonds. The zero-order valence-electron chi connectivity index (χ0n) is 18.6. The molecule has 1 rings (SSSR count). The van der Waals surface area contributed by atoms with Crippen LogP contribution in [0.25, 0.3) is 0 Å². The number of aliphatic hydroxyl groups is 3. The highest BCUT2D eigenvalue weighted by Crippen LogP contribution is 2.18. The van der Waals surface area contributed by atoms with Crippen molar-refractivity contribution in [1.29, 1.82) is 0 Å². The van der Waals surface area contributed by atoms with Gasteiger partial charge in [0.05, 0.1) is 19.8 Å². The number of ether oxygens (including phenoxy) is 2. The van der Waals surface area contributed by atoms with Gasteiger partial charge in [0.2, 0.25) is 0 Å². The van der Waals surface area contributed by atoms with Gasteiger partial charge in [-0.15, -0.1) is 0 Å². The highest BCUT2D eigenvalue weighted by molar-refractivity contribution is 4.88. The number of allylic oxidation sites excluding steroid dienone is 1. The number of hydrogen-bond donors (Lipinski definition) is 3. The van der Waals surface area contributed by atoms with Crippen LogP contribution in [-0.2, 0) is 9.47 Å². The molecule has 1 aliphatic heterocycles. The van der Waals surface area contributed by atoms with Crippen LogP contribution in [0.3, 0.4) is 0 Å². The Morgan fingerprint density at radius 2 is 1.41 bits per heavy atom. The maximum atomic E-state index is 9.93. The summed E-state index contributed by atoms with van der Waals surface area (Å²) < 4.78 is 10.6. The molecule has 0 aromatic rings. The van der Waals surface area contributed by atoms with E-state index in [2.05, 4.69) is 13.0 Å². The molecule has 5 nitrogen and oxygen atoms in total. The summed E-state index contributed by atoms with van der Waals surface area (Å²) in [7, 11) is 0. The van der Waals surface area contributed by atoms with Crippen molar-refractivity contribution in [1.82, 2.24) is 0 Å². The molecule has 1 fully saturated rings. The molecule has 3 N–H and O–H groups in total. The van der Waals surface area contributed by atoms with Crippen molar-refractivity contribution in [2.24, 2.45) is 0 Å². The lowest BCUT2D eigenvalue weighted by Crippen LogP contribution is -2.40. The summed E-state index contributed by atoms with van der Waals surface area (Å²) in [6.45, 7) is 2.87. The first-order valence-electron chi connectivity index (χ1n) is 12.0. The zero-order chi connectivity index (χ0) is 21.2. The first-order valence-corrected chi connectivity index (χ1v) is 12.0. The molecule has 0 radical (unpaired) electrons. The summed E-state index contributed by atoms with van der Waals surface area (Å²) >= 11 is 0. The summed E-state index contributed by atoms with van der Waals surface area (Å²) in [5.41, 5.74) is 0. The zero-order valence-corrected chi connectivity index (χ0v) is 18.6. The first-order chi connectivity index (χ1) is 14.2. The van der Waals surface area contributed by atoms with Crippen molar-refractivity contribution in [3.8, 4) is 0 Å². The Labute approximate surface area is 178 Å². The second-order valence-electron chi connectivity index (χ2n) is 8.46. The van der Waals surface area contributed by atoms with E-state index in [1.807, 2.05) is 6.08 Å². The summed E-state index contributed by atoms with van der Waals surface area (Å²) in [6.07, 6.45) is 19.4. The minimum atomic E-state index is -1.04. The molecule has 5 heteroatoms. The van der Waals surface area contributed by atoms with Crippen LogP contribution in [0.4, 0.5) is 0 Å². The largest absolute Gasteiger partial charge is 0.388 e. The van der Waals surface area contributed by atoms with Crippen molar-refractivity contribution >= 4 is 0 Å². The molecule has 172 valence electrons. The second-order valence-corrected chi connectivity index (χ2v) is 8.46. The minimum absolute atomic E-state index is 0.0575. The van der Waals surface area contributed by atoms with E-state index < -0.39 is 24.4 Å². The lowest BCUT2D eigenvalue weighted by molar-refractivity contribution is -0.0782. The van der Waals surface area contributed by atoms with Crippen LogP contribution >= 0.6 is 0 Å². The summed E-state index contributed by atoms with van der Waals surface area (Å²) in [4.78, 5) is 0. The third-order valence-corrected chi connectivity index (χ3v) is 5.71. The van der Waals surface area contributed by atoms with Crippen LogP contribution in [0.1, 0.15) is 96.8 Å². The van der Waals surface area contributed by atoms with Crippen molar-refractivity contribution in [2.75, 3.05) is 19.8 Å². The Morgan fingerprint density at radius 1 is 0.862 bits per heavy atom. The lowest BCUT2D eigenvalue weighted by atomic mass is 10.0. The Hall–Kier alpha value is -0.460. The van der Waals surface area contributed by atoms with Crippen LogP contribution in [0.15, 0.2) is 12.2 Å². The van der Waals surface area contributed by atoms with E-state index in [4.69, 9.17) is 9.47 Å². The molecule has 0 aliphatic carbocycles. The van der Waals surface area contributed by atoms with E-state index in [-0.39, 0.29) is 13.2 Å². The molecular weight excluding hydrogens is 368 g/mol. The molecular formula is C24H46O5. The first kappa shape index (κ1) is 26.6. The summed E-state index contributed by atoms with van der Waals surface area (Å²) in [6, 6.07) is 0. The van der Waals surface area contributed by atoms with E-state index in [0.717, 1.165) is 6.42 Å². The smallest absolute Gasteiger partial charge is 0.114 e. The maximum absolute atomic E-state index is 9.93. The predicted octanol–water partition coefficient (Wildman–Crippen LogP) is 4.52. The molecule has 0 bridgehead atoms. The topological polar surface area (TPSA) is 79.2 Å². The Kier molecular flexibility index (Phi) is 16.8. The fourth-order valence-electron chi connectivity index (χ4n) is 3.78. The Morgan fingerprint density at radius 3 is 1.93 bits per heavy atom. The average molecular weight is 415 g/mol. The maximum Gasteiger partial charge on any atom is 0.114 e. The van der Waals surface area contributed by atoms with E-state index in [1.165, 1.54) is 83.5 Å². The second kappa shape index (κ2) is 18.3. The molecule has 0 aromatic heterocycles. The Bertz CT molecular complexity index is 387. The van der Waals surface area contributed by atoms with E-state index >= 15 is 0 Å². The fraction of sp³-hybridized carbons (Fsp3) is 0.917. The van der Waals surface area contributed by atoms with E-state index in [0.29, 0.717) is 6.61 Å². The molecule has 1 saturated heterocycles. The standard InChI is InChI=1S/C24H46O5/c1-2-3-4-5-6-7-8-9-10-11-12-13-14-15-16-17-18-28-19-22(26)24-23(27)21(25)20-29-24/h16-17,21-27H,2-15,18-20H2,1H3/b17-16+/t21-,22+,23-,24-/m1/s1. The Balaban J connectivity index is 1.80. The van der Waals surface area contributed by atoms with Gasteiger partial charge in [-0.1, -0.05) is 96.1 Å². The third-order valence-electron chi connectivity index (χ3n) is 5.71. The molecule has 0 saturated carbocycles. The van der Waals surface area contributed by atoms with Crippen LogP contribution in [-0.4, -0.2) is 59.6 Å². The van der Waals surface area contributed by atoms with Crippen LogP contribution in [0.5, 0.6) is 0 Å². The quantitative estimate of drug-likeness (QED) is 0.214. The minimum Gasteiger partial charge on any atom is -0.388 e. The predicted molar refractivity (Wildman–Crippen MR) is 118 cm³/mol. The van der Waals surface area contributed by atoms with E-state index in [9.17, 15) is 15.3 Å². The summed E-state index contributed by atoms with van der Waals surface area (Å²) in [5.74, 6) is 0. The van der Waals surface area contributed by atoms with Gasteiger partial charge in [0.25, 0.3) is 0 Å². The molecule has 29 heavy (non-hydrogen) atoms. The molecule has 0 aromatic carbocycles. The van der Waals surface area contributed by atoms with Gasteiger partial charge >= 0.3 is 0 Å². The van der Waals surface area contributed by atoms with Gasteiger partial charge in [-0.05, 0) is 12.8 Å². The number of unbranched alkanes of at least 4 members (excludes halogenated alkanes) is 13. The monoisotopic (exact) mass is 414 g/mol. The normalized spacial score (nSPS) is 23.2. The molecule has 1 heterocycles. The van der Waals surface area contributed by atoms with Gasteiger partial charge in [0, 0.05) is 0 Å².